The molecule has 4 N–H and O–H groups in total. The largest absolute Gasteiger partial charge is 0.478 e. The van der Waals surface area contributed by atoms with Gasteiger partial charge in [0, 0.05) is 25.0 Å². The van der Waals surface area contributed by atoms with E-state index < -0.39 is 47.0 Å². The zero-order valence-electron chi connectivity index (χ0n) is 23.6. The topological polar surface area (TPSA) is 141 Å². The van der Waals surface area contributed by atoms with Gasteiger partial charge in [0.05, 0.1) is 23.0 Å². The summed E-state index contributed by atoms with van der Waals surface area (Å²) in [6.45, 7) is 9.93. The number of hydrogen-bond donors (Lipinski definition) is 4. The molecule has 2 aliphatic rings. The Morgan fingerprint density at radius 1 is 1.15 bits per heavy atom. The van der Waals surface area contributed by atoms with E-state index in [9.17, 15) is 29.7 Å². The van der Waals surface area contributed by atoms with Crippen molar-refractivity contribution in [2.45, 2.75) is 72.2 Å². The molecule has 0 saturated heterocycles. The van der Waals surface area contributed by atoms with Crippen LogP contribution in [0.1, 0.15) is 54.4 Å². The second-order valence-electron chi connectivity index (χ2n) is 11.0. The van der Waals surface area contributed by atoms with Gasteiger partial charge < -0.3 is 25.2 Å². The van der Waals surface area contributed by atoms with Crippen LogP contribution in [0.2, 0.25) is 0 Å². The standard InChI is InChI=1S/C31H42O8/c1-19(10-8-12-26(34)35)9-7-11-21(3)28(36)22(4)29(37)39-24-18-20(2)17-23-13-15-30(5,38)31(6,27(23)24)25(33)14-16-32/h7-13,15,17,20,22,24,27-28,32,36,38H,14,16,18H2,1-6H3,(H,34,35)/b9-7+,12-8+,19-10-,21-11+/t20-,22+,24+,27-,28+,30-,31-/m1/s1. The lowest BCUT2D eigenvalue weighted by Crippen LogP contribution is -2.59. The van der Waals surface area contributed by atoms with Crippen LogP contribution < -0.4 is 0 Å². The molecule has 214 valence electrons. The van der Waals surface area contributed by atoms with Crippen molar-refractivity contribution in [3.8, 4) is 0 Å². The maximum atomic E-state index is 13.3. The third kappa shape index (κ3) is 7.53. The van der Waals surface area contributed by atoms with Crippen molar-refractivity contribution in [1.29, 1.82) is 0 Å². The number of hydrogen-bond acceptors (Lipinski definition) is 7. The number of esters is 1. The molecule has 0 aromatic carbocycles. The molecule has 0 aliphatic heterocycles. The molecule has 2 rings (SSSR count). The van der Waals surface area contributed by atoms with Gasteiger partial charge in [-0.15, -0.1) is 0 Å². The van der Waals surface area contributed by atoms with Gasteiger partial charge in [0.2, 0.25) is 0 Å². The summed E-state index contributed by atoms with van der Waals surface area (Å²) in [6.07, 6.45) is 13.1. The van der Waals surface area contributed by atoms with Crippen molar-refractivity contribution >= 4 is 17.7 Å². The molecule has 0 amide bonds. The monoisotopic (exact) mass is 542 g/mol. The van der Waals surface area contributed by atoms with Crippen LogP contribution in [0.5, 0.6) is 0 Å². The number of carboxylic acids is 1. The number of carboxylic acid groups (broad SMARTS) is 1. The van der Waals surface area contributed by atoms with Gasteiger partial charge in [0.15, 0.2) is 0 Å². The molecule has 0 unspecified atom stereocenters. The number of carbonyl (C=O) groups is 3. The number of ether oxygens (including phenoxy) is 1. The molecular weight excluding hydrogens is 500 g/mol. The van der Waals surface area contributed by atoms with E-state index in [0.29, 0.717) is 12.0 Å². The van der Waals surface area contributed by atoms with E-state index >= 15 is 0 Å². The lowest BCUT2D eigenvalue weighted by molar-refractivity contribution is -0.172. The Morgan fingerprint density at radius 3 is 2.41 bits per heavy atom. The number of aliphatic carboxylic acids is 1. The highest BCUT2D eigenvalue weighted by Crippen LogP contribution is 2.53. The molecule has 0 spiro atoms. The fourth-order valence-electron chi connectivity index (χ4n) is 5.33. The number of allylic oxidation sites excluding steroid dienone is 8. The van der Waals surface area contributed by atoms with E-state index in [-0.39, 0.29) is 24.7 Å². The van der Waals surface area contributed by atoms with Gasteiger partial charge in [0.25, 0.3) is 0 Å². The van der Waals surface area contributed by atoms with E-state index in [1.54, 1.807) is 71.1 Å². The van der Waals surface area contributed by atoms with E-state index in [1.165, 1.54) is 6.08 Å². The summed E-state index contributed by atoms with van der Waals surface area (Å²) in [5, 5.41) is 40.2. The first kappa shape index (κ1) is 32.1. The molecule has 8 heteroatoms. The molecular formula is C31H42O8. The number of fused-ring (bicyclic) bond motifs is 1. The van der Waals surface area contributed by atoms with E-state index in [4.69, 9.17) is 9.84 Å². The van der Waals surface area contributed by atoms with Gasteiger partial charge in [-0.3, -0.25) is 9.59 Å². The van der Waals surface area contributed by atoms with Crippen LogP contribution >= 0.6 is 0 Å². The van der Waals surface area contributed by atoms with E-state index in [0.717, 1.165) is 17.2 Å². The SMILES string of the molecule is CC(=C/C=C/C(=O)O)/C=C/C=C(\C)[C@H](O)[C@H](C)C(=O)O[C@H]1C[C@H](C)C=C2C=C[C@@](C)(O)[C@](C)(C(=O)CCO)[C@H]21. The molecule has 0 saturated carbocycles. The Labute approximate surface area is 230 Å². The molecule has 0 heterocycles. The summed E-state index contributed by atoms with van der Waals surface area (Å²) in [5.41, 5.74) is -0.699. The number of carbonyl (C=O) groups excluding carboxylic acids is 2. The second-order valence-corrected chi connectivity index (χ2v) is 11.0. The van der Waals surface area contributed by atoms with Crippen LogP contribution in [-0.2, 0) is 19.1 Å². The summed E-state index contributed by atoms with van der Waals surface area (Å²) in [6, 6.07) is 0. The maximum Gasteiger partial charge on any atom is 0.328 e. The minimum atomic E-state index is -1.51. The fourth-order valence-corrected chi connectivity index (χ4v) is 5.33. The quantitative estimate of drug-likeness (QED) is 0.175. The van der Waals surface area contributed by atoms with Crippen LogP contribution in [0.3, 0.4) is 0 Å². The maximum absolute atomic E-state index is 13.3. The number of aliphatic hydroxyl groups excluding tert-OH is 2. The highest BCUT2D eigenvalue weighted by Gasteiger charge is 2.59. The molecule has 8 nitrogen and oxygen atoms in total. The molecule has 39 heavy (non-hydrogen) atoms. The Bertz CT molecular complexity index is 1120. The summed E-state index contributed by atoms with van der Waals surface area (Å²) in [7, 11) is 0. The van der Waals surface area contributed by atoms with Crippen LogP contribution in [0.25, 0.3) is 0 Å². The molecule has 0 radical (unpaired) electrons. The number of ketones is 1. The smallest absolute Gasteiger partial charge is 0.328 e. The average molecular weight is 543 g/mol. The molecule has 7 atom stereocenters. The Balaban J connectivity index is 2.24. The summed E-state index contributed by atoms with van der Waals surface area (Å²) < 4.78 is 5.98. The average Bonchev–Trinajstić information content (AvgIpc) is 2.85. The molecule has 0 fully saturated rings. The van der Waals surface area contributed by atoms with Gasteiger partial charge in [-0.05, 0) is 58.1 Å². The van der Waals surface area contributed by atoms with Gasteiger partial charge >= 0.3 is 11.9 Å². The van der Waals surface area contributed by atoms with Gasteiger partial charge in [-0.2, -0.15) is 0 Å². The normalized spacial score (nSPS) is 31.1. The van der Waals surface area contributed by atoms with Gasteiger partial charge in [0.1, 0.15) is 11.9 Å². The van der Waals surface area contributed by atoms with Crippen LogP contribution in [0, 0.1) is 23.2 Å². The Morgan fingerprint density at radius 2 is 1.79 bits per heavy atom. The Hall–Kier alpha value is -3.07. The predicted molar refractivity (Wildman–Crippen MR) is 148 cm³/mol. The lowest BCUT2D eigenvalue weighted by Gasteiger charge is -2.52. The third-order valence-corrected chi connectivity index (χ3v) is 7.90. The predicted octanol–water partition coefficient (Wildman–Crippen LogP) is 3.85. The minimum Gasteiger partial charge on any atom is -0.478 e. The van der Waals surface area contributed by atoms with E-state index in [1.807, 2.05) is 13.0 Å². The van der Waals surface area contributed by atoms with Crippen LogP contribution in [0.4, 0.5) is 0 Å². The fraction of sp³-hybridized carbons (Fsp3) is 0.516. The zero-order chi connectivity index (χ0) is 29.5. The van der Waals surface area contributed by atoms with Crippen molar-refractivity contribution < 1.29 is 39.5 Å². The zero-order valence-corrected chi connectivity index (χ0v) is 23.6. The van der Waals surface area contributed by atoms with Gasteiger partial charge in [-0.25, -0.2) is 4.79 Å². The first-order chi connectivity index (χ1) is 18.1. The number of aliphatic hydroxyl groups is 3. The lowest BCUT2D eigenvalue weighted by atomic mass is 9.54. The van der Waals surface area contributed by atoms with Crippen molar-refractivity contribution in [2.24, 2.45) is 23.2 Å². The highest BCUT2D eigenvalue weighted by molar-refractivity contribution is 5.88. The molecule has 0 aromatic heterocycles. The number of Topliss-reactive ketones (excluding diaryl/α,β-unsaturated/α-hetero) is 1. The van der Waals surface area contributed by atoms with Crippen LogP contribution in [0.15, 0.2) is 71.4 Å². The third-order valence-electron chi connectivity index (χ3n) is 7.90. The molecule has 0 aromatic rings. The highest BCUT2D eigenvalue weighted by atomic mass is 16.5. The summed E-state index contributed by atoms with van der Waals surface area (Å²) >= 11 is 0. The van der Waals surface area contributed by atoms with Crippen molar-refractivity contribution in [2.75, 3.05) is 6.61 Å². The second kappa shape index (κ2) is 13.3. The first-order valence-corrected chi connectivity index (χ1v) is 13.2. The molecule has 2 aliphatic carbocycles. The summed E-state index contributed by atoms with van der Waals surface area (Å²) in [5.74, 6) is -3.40. The van der Waals surface area contributed by atoms with Crippen molar-refractivity contribution in [1.82, 2.24) is 0 Å². The molecule has 0 bridgehead atoms. The van der Waals surface area contributed by atoms with Crippen LogP contribution in [-0.4, -0.2) is 62.6 Å². The van der Waals surface area contributed by atoms with E-state index in [2.05, 4.69) is 0 Å². The van der Waals surface area contributed by atoms with Crippen molar-refractivity contribution in [3.63, 3.8) is 0 Å². The first-order valence-electron chi connectivity index (χ1n) is 13.2. The Kier molecular flexibility index (Phi) is 11.0. The minimum absolute atomic E-state index is 0.0626. The van der Waals surface area contributed by atoms with Crippen molar-refractivity contribution in [3.05, 3.63) is 71.4 Å². The van der Waals surface area contributed by atoms with Gasteiger partial charge in [-0.1, -0.05) is 61.1 Å². The number of rotatable bonds is 11. The summed E-state index contributed by atoms with van der Waals surface area (Å²) in [4.78, 5) is 37.1.